The largest absolute Gasteiger partial charge is 0.431 e. The third-order valence-corrected chi connectivity index (χ3v) is 4.71. The van der Waals surface area contributed by atoms with Gasteiger partial charge in [-0.3, -0.25) is 4.98 Å². The van der Waals surface area contributed by atoms with Crippen molar-refractivity contribution in [2.75, 3.05) is 5.75 Å². The van der Waals surface area contributed by atoms with Crippen molar-refractivity contribution < 1.29 is 13.3 Å². The summed E-state index contributed by atoms with van der Waals surface area (Å²) >= 11 is 1.51. The van der Waals surface area contributed by atoms with Gasteiger partial charge in [-0.25, -0.2) is 9.37 Å². The zero-order valence-electron chi connectivity index (χ0n) is 14.2. The van der Waals surface area contributed by atoms with Crippen molar-refractivity contribution in [3.63, 3.8) is 0 Å². The first-order chi connectivity index (χ1) is 13.3. The van der Waals surface area contributed by atoms with Gasteiger partial charge in [0.05, 0.1) is 6.20 Å². The van der Waals surface area contributed by atoms with Crippen LogP contribution in [0, 0.1) is 5.82 Å². The number of rotatable bonds is 7. The molecule has 3 aromatic heterocycles. The van der Waals surface area contributed by atoms with Gasteiger partial charge in [-0.05, 0) is 42.8 Å². The van der Waals surface area contributed by atoms with Gasteiger partial charge in [0, 0.05) is 35.7 Å². The number of hydrogen-bond acceptors (Lipinski definition) is 7. The predicted octanol–water partition coefficient (Wildman–Crippen LogP) is 4.65. The zero-order valence-corrected chi connectivity index (χ0v) is 15.0. The minimum atomic E-state index is -0.277. The summed E-state index contributed by atoms with van der Waals surface area (Å²) in [5.74, 6) is 2.31. The van der Waals surface area contributed by atoms with E-state index in [1.807, 2.05) is 12.1 Å². The summed E-state index contributed by atoms with van der Waals surface area (Å²) in [6.45, 7) is 0. The number of oxazole rings is 1. The molecule has 0 unspecified atom stereocenters. The van der Waals surface area contributed by atoms with E-state index in [1.165, 1.54) is 23.9 Å². The second-order valence-electron chi connectivity index (χ2n) is 5.70. The summed E-state index contributed by atoms with van der Waals surface area (Å²) in [7, 11) is 0. The van der Waals surface area contributed by atoms with Crippen molar-refractivity contribution in [1.82, 2.24) is 20.1 Å². The highest BCUT2D eigenvalue weighted by Gasteiger charge is 2.10. The molecule has 4 aromatic rings. The van der Waals surface area contributed by atoms with Crippen LogP contribution in [0.5, 0.6) is 0 Å². The molecule has 0 aliphatic heterocycles. The molecule has 0 aliphatic carbocycles. The molecule has 0 amide bonds. The van der Waals surface area contributed by atoms with E-state index in [0.717, 1.165) is 23.3 Å². The number of hydrogen-bond donors (Lipinski definition) is 0. The molecule has 0 N–H and O–H groups in total. The number of benzene rings is 1. The van der Waals surface area contributed by atoms with E-state index in [-0.39, 0.29) is 5.82 Å². The predicted molar refractivity (Wildman–Crippen MR) is 98.5 cm³/mol. The molecular formula is C19H15FN4O2S. The summed E-state index contributed by atoms with van der Waals surface area (Å²) in [4.78, 5) is 12.6. The fourth-order valence-corrected chi connectivity index (χ4v) is 3.17. The van der Waals surface area contributed by atoms with E-state index in [9.17, 15) is 4.39 Å². The first kappa shape index (κ1) is 17.4. The average Bonchev–Trinajstić information content (AvgIpc) is 3.36. The maximum Gasteiger partial charge on any atom is 0.256 e. The fraction of sp³-hybridized carbons (Fsp3) is 0.158. The smallest absolute Gasteiger partial charge is 0.256 e. The van der Waals surface area contributed by atoms with Crippen molar-refractivity contribution in [1.29, 1.82) is 0 Å². The number of aryl methyl sites for hydroxylation is 1. The second kappa shape index (κ2) is 8.13. The van der Waals surface area contributed by atoms with Gasteiger partial charge in [-0.1, -0.05) is 16.9 Å². The van der Waals surface area contributed by atoms with Crippen molar-refractivity contribution in [3.05, 3.63) is 66.7 Å². The molecule has 3 heterocycles. The van der Waals surface area contributed by atoms with Gasteiger partial charge in [0.15, 0.2) is 5.76 Å². The molecule has 4 rings (SSSR count). The molecule has 8 heteroatoms. The zero-order chi connectivity index (χ0) is 18.5. The van der Waals surface area contributed by atoms with Gasteiger partial charge >= 0.3 is 0 Å². The molecule has 0 saturated heterocycles. The van der Waals surface area contributed by atoms with Gasteiger partial charge in [0.25, 0.3) is 5.22 Å². The number of nitrogens with zero attached hydrogens (tertiary/aromatic N) is 4. The van der Waals surface area contributed by atoms with E-state index in [0.29, 0.717) is 29.1 Å². The van der Waals surface area contributed by atoms with E-state index in [4.69, 9.17) is 8.94 Å². The quantitative estimate of drug-likeness (QED) is 0.340. The Hall–Kier alpha value is -3.00. The fourth-order valence-electron chi connectivity index (χ4n) is 2.43. The van der Waals surface area contributed by atoms with E-state index < -0.39 is 0 Å². The molecule has 1 aromatic carbocycles. The van der Waals surface area contributed by atoms with Crippen LogP contribution in [0.3, 0.4) is 0 Å². The Balaban J connectivity index is 1.27. The lowest BCUT2D eigenvalue weighted by atomic mass is 10.2. The Morgan fingerprint density at radius 1 is 1.00 bits per heavy atom. The number of thioether (sulfide) groups is 1. The molecule has 136 valence electrons. The Labute approximate surface area is 158 Å². The van der Waals surface area contributed by atoms with Gasteiger partial charge in [-0.15, -0.1) is 0 Å². The monoisotopic (exact) mass is 382 g/mol. The third-order valence-electron chi connectivity index (χ3n) is 3.78. The topological polar surface area (TPSA) is 77.8 Å². The van der Waals surface area contributed by atoms with Gasteiger partial charge in [0.1, 0.15) is 5.82 Å². The van der Waals surface area contributed by atoms with Crippen molar-refractivity contribution >= 4 is 11.8 Å². The SMILES string of the molecule is Fc1ccc(-c2cnc(SCCCc3nc(-c4ccncc4)no3)o2)cc1. The van der Waals surface area contributed by atoms with Crippen LogP contribution in [0.25, 0.3) is 22.7 Å². The van der Waals surface area contributed by atoms with Gasteiger partial charge < -0.3 is 8.94 Å². The molecular weight excluding hydrogens is 367 g/mol. The van der Waals surface area contributed by atoms with Crippen molar-refractivity contribution in [2.24, 2.45) is 0 Å². The number of halogens is 1. The highest BCUT2D eigenvalue weighted by atomic mass is 32.2. The van der Waals surface area contributed by atoms with Gasteiger partial charge in [-0.2, -0.15) is 4.98 Å². The van der Waals surface area contributed by atoms with Crippen LogP contribution < -0.4 is 0 Å². The Morgan fingerprint density at radius 2 is 1.81 bits per heavy atom. The van der Waals surface area contributed by atoms with Crippen LogP contribution in [0.4, 0.5) is 4.39 Å². The van der Waals surface area contributed by atoms with Crippen LogP contribution in [0.2, 0.25) is 0 Å². The first-order valence-corrected chi connectivity index (χ1v) is 9.34. The molecule has 0 spiro atoms. The summed E-state index contributed by atoms with van der Waals surface area (Å²) in [6, 6.07) is 9.81. The standard InChI is InChI=1S/C19H15FN4O2S/c20-15-5-3-13(4-6-15)16-12-22-19(25-16)27-11-1-2-17-23-18(24-26-17)14-7-9-21-10-8-14/h3-10,12H,1-2,11H2. The van der Waals surface area contributed by atoms with Gasteiger partial charge in [0.2, 0.25) is 11.7 Å². The Kier molecular flexibility index (Phi) is 5.24. The van der Waals surface area contributed by atoms with E-state index in [2.05, 4.69) is 20.1 Å². The van der Waals surface area contributed by atoms with E-state index >= 15 is 0 Å². The van der Waals surface area contributed by atoms with Crippen LogP contribution in [-0.2, 0) is 6.42 Å². The first-order valence-electron chi connectivity index (χ1n) is 8.35. The summed E-state index contributed by atoms with van der Waals surface area (Å²) in [5, 5.41) is 4.57. The second-order valence-corrected chi connectivity index (χ2v) is 6.74. The molecule has 0 bridgehead atoms. The van der Waals surface area contributed by atoms with Crippen LogP contribution in [-0.4, -0.2) is 25.9 Å². The molecule has 6 nitrogen and oxygen atoms in total. The lowest BCUT2D eigenvalue weighted by Crippen LogP contribution is -1.88. The normalized spacial score (nSPS) is 11.0. The lowest BCUT2D eigenvalue weighted by Gasteiger charge is -1.96. The summed E-state index contributed by atoms with van der Waals surface area (Å²) in [5.41, 5.74) is 1.67. The van der Waals surface area contributed by atoms with Crippen LogP contribution >= 0.6 is 11.8 Å². The summed E-state index contributed by atoms with van der Waals surface area (Å²) in [6.07, 6.45) is 6.55. The van der Waals surface area contributed by atoms with Crippen LogP contribution in [0.15, 0.2) is 69.2 Å². The highest BCUT2D eigenvalue weighted by molar-refractivity contribution is 7.99. The molecule has 0 saturated carbocycles. The number of pyridine rings is 1. The average molecular weight is 382 g/mol. The highest BCUT2D eigenvalue weighted by Crippen LogP contribution is 2.26. The van der Waals surface area contributed by atoms with Crippen molar-refractivity contribution in [3.8, 4) is 22.7 Å². The summed E-state index contributed by atoms with van der Waals surface area (Å²) < 4.78 is 24.0. The third kappa shape index (κ3) is 4.40. The maximum absolute atomic E-state index is 13.0. The Morgan fingerprint density at radius 3 is 2.63 bits per heavy atom. The van der Waals surface area contributed by atoms with E-state index in [1.54, 1.807) is 30.7 Å². The minimum Gasteiger partial charge on any atom is -0.431 e. The maximum atomic E-state index is 13.0. The molecule has 0 aliphatic rings. The Bertz CT molecular complexity index is 1000. The van der Waals surface area contributed by atoms with Crippen molar-refractivity contribution in [2.45, 2.75) is 18.1 Å². The molecule has 0 atom stereocenters. The lowest BCUT2D eigenvalue weighted by molar-refractivity contribution is 0.378. The molecule has 0 fully saturated rings. The van der Waals surface area contributed by atoms with Crippen LogP contribution in [0.1, 0.15) is 12.3 Å². The number of aromatic nitrogens is 4. The molecule has 0 radical (unpaired) electrons. The minimum absolute atomic E-state index is 0.277. The molecule has 27 heavy (non-hydrogen) atoms.